The first-order chi connectivity index (χ1) is 7.72. The first kappa shape index (κ1) is 11.4. The molecular weight excluding hydrogens is 206 g/mol. The second-order valence-electron chi connectivity index (χ2n) is 4.07. The molecular formula is C10H19N5O. The third kappa shape index (κ3) is 2.18. The normalized spacial score (nSPS) is 17.7. The molecule has 0 aromatic carbocycles. The van der Waals surface area contributed by atoms with Gasteiger partial charge in [0.1, 0.15) is 5.82 Å². The summed E-state index contributed by atoms with van der Waals surface area (Å²) < 4.78 is 7.11. The first-order valence-electron chi connectivity index (χ1n) is 5.51. The van der Waals surface area contributed by atoms with E-state index in [1.165, 1.54) is 5.56 Å². The number of nitrogens with one attached hydrogen (secondary N) is 1. The van der Waals surface area contributed by atoms with Crippen LogP contribution in [0.5, 0.6) is 0 Å². The summed E-state index contributed by atoms with van der Waals surface area (Å²) in [6.45, 7) is 6.45. The van der Waals surface area contributed by atoms with E-state index in [0.29, 0.717) is 0 Å². The van der Waals surface area contributed by atoms with Gasteiger partial charge < -0.3 is 10.2 Å². The van der Waals surface area contributed by atoms with Crippen LogP contribution >= 0.6 is 0 Å². The number of rotatable bonds is 3. The number of morpholine rings is 1. The molecule has 0 aliphatic carbocycles. The fourth-order valence-electron chi connectivity index (χ4n) is 2.05. The van der Waals surface area contributed by atoms with Crippen LogP contribution in [0.4, 0.5) is 5.82 Å². The Labute approximate surface area is 95.3 Å². The van der Waals surface area contributed by atoms with Crippen molar-refractivity contribution in [2.75, 3.05) is 31.7 Å². The van der Waals surface area contributed by atoms with Crippen LogP contribution in [0.2, 0.25) is 0 Å². The van der Waals surface area contributed by atoms with Crippen LogP contribution in [0, 0.1) is 6.92 Å². The predicted molar refractivity (Wildman–Crippen MR) is 61.9 cm³/mol. The lowest BCUT2D eigenvalue weighted by Crippen LogP contribution is -2.36. The summed E-state index contributed by atoms with van der Waals surface area (Å²) in [4.78, 5) is 2.36. The summed E-state index contributed by atoms with van der Waals surface area (Å²) >= 11 is 0. The largest absolute Gasteiger partial charge is 0.379 e. The molecule has 1 fully saturated rings. The maximum atomic E-state index is 5.52. The topological polar surface area (TPSA) is 68.3 Å². The number of ether oxygens (including phenoxy) is 1. The lowest BCUT2D eigenvalue weighted by Gasteiger charge is -2.26. The maximum absolute atomic E-state index is 5.52. The number of nitrogen functional groups attached to an aromatic ring is 1. The van der Waals surface area contributed by atoms with Gasteiger partial charge in [0.15, 0.2) is 0 Å². The second kappa shape index (κ2) is 4.82. The molecule has 0 amide bonds. The number of nitrogens with two attached hydrogens (primary N) is 1. The molecule has 0 bridgehead atoms. The molecule has 1 aromatic heterocycles. The molecule has 0 unspecified atom stereocenters. The molecule has 1 aliphatic heterocycles. The van der Waals surface area contributed by atoms with Crippen molar-refractivity contribution in [3.8, 4) is 0 Å². The summed E-state index contributed by atoms with van der Waals surface area (Å²) in [6, 6.07) is 0. The van der Waals surface area contributed by atoms with Gasteiger partial charge in [0, 0.05) is 32.2 Å². The monoisotopic (exact) mass is 225 g/mol. The van der Waals surface area contributed by atoms with Crippen LogP contribution in [0.1, 0.15) is 11.3 Å². The van der Waals surface area contributed by atoms with Gasteiger partial charge in [0.05, 0.1) is 18.9 Å². The number of hydrogen-bond donors (Lipinski definition) is 2. The molecule has 0 spiro atoms. The molecule has 16 heavy (non-hydrogen) atoms. The van der Waals surface area contributed by atoms with Gasteiger partial charge in [-0.15, -0.1) is 0 Å². The van der Waals surface area contributed by atoms with Crippen molar-refractivity contribution in [3.05, 3.63) is 11.3 Å². The van der Waals surface area contributed by atoms with Crippen LogP contribution < -0.4 is 11.3 Å². The number of nitrogens with zero attached hydrogens (tertiary/aromatic N) is 3. The summed E-state index contributed by atoms with van der Waals surface area (Å²) in [5, 5.41) is 4.36. The van der Waals surface area contributed by atoms with Gasteiger partial charge >= 0.3 is 0 Å². The smallest absolute Gasteiger partial charge is 0.142 e. The second-order valence-corrected chi connectivity index (χ2v) is 4.07. The molecule has 1 saturated heterocycles. The highest BCUT2D eigenvalue weighted by Gasteiger charge is 2.17. The van der Waals surface area contributed by atoms with E-state index in [0.717, 1.165) is 44.4 Å². The average molecular weight is 225 g/mol. The number of hydrazine groups is 1. The van der Waals surface area contributed by atoms with E-state index < -0.39 is 0 Å². The van der Waals surface area contributed by atoms with Gasteiger partial charge in [-0.2, -0.15) is 5.10 Å². The molecule has 2 heterocycles. The van der Waals surface area contributed by atoms with Crippen molar-refractivity contribution in [1.29, 1.82) is 0 Å². The lowest BCUT2D eigenvalue weighted by atomic mass is 10.2. The Morgan fingerprint density at radius 1 is 1.44 bits per heavy atom. The van der Waals surface area contributed by atoms with Crippen molar-refractivity contribution in [2.24, 2.45) is 12.9 Å². The van der Waals surface area contributed by atoms with Crippen molar-refractivity contribution in [3.63, 3.8) is 0 Å². The molecule has 6 heteroatoms. The van der Waals surface area contributed by atoms with Gasteiger partial charge in [-0.3, -0.25) is 9.58 Å². The molecule has 2 rings (SSSR count). The Kier molecular flexibility index (Phi) is 3.42. The third-order valence-corrected chi connectivity index (χ3v) is 2.97. The average Bonchev–Trinajstić information content (AvgIpc) is 2.55. The molecule has 0 atom stereocenters. The Bertz CT molecular complexity index is 356. The van der Waals surface area contributed by atoms with Crippen LogP contribution in [0.25, 0.3) is 0 Å². The van der Waals surface area contributed by atoms with Crippen molar-refractivity contribution in [2.45, 2.75) is 13.5 Å². The molecule has 90 valence electrons. The van der Waals surface area contributed by atoms with Gasteiger partial charge in [-0.25, -0.2) is 5.84 Å². The van der Waals surface area contributed by atoms with E-state index >= 15 is 0 Å². The van der Waals surface area contributed by atoms with E-state index in [1.54, 1.807) is 4.68 Å². The molecule has 1 aliphatic rings. The first-order valence-corrected chi connectivity index (χ1v) is 5.51. The predicted octanol–water partition coefficient (Wildman–Crippen LogP) is -0.154. The fraction of sp³-hybridized carbons (Fsp3) is 0.700. The minimum Gasteiger partial charge on any atom is -0.379 e. The Morgan fingerprint density at radius 2 is 2.12 bits per heavy atom. The van der Waals surface area contributed by atoms with Crippen molar-refractivity contribution < 1.29 is 4.74 Å². The zero-order chi connectivity index (χ0) is 11.5. The number of anilines is 1. The van der Waals surface area contributed by atoms with E-state index in [1.807, 2.05) is 14.0 Å². The molecule has 1 aromatic rings. The molecule has 3 N–H and O–H groups in total. The Morgan fingerprint density at radius 3 is 2.75 bits per heavy atom. The Balaban J connectivity index is 2.13. The van der Waals surface area contributed by atoms with Crippen molar-refractivity contribution >= 4 is 5.82 Å². The third-order valence-electron chi connectivity index (χ3n) is 2.97. The lowest BCUT2D eigenvalue weighted by molar-refractivity contribution is 0.0342. The van der Waals surface area contributed by atoms with E-state index in [9.17, 15) is 0 Å². The highest BCUT2D eigenvalue weighted by molar-refractivity contribution is 5.46. The van der Waals surface area contributed by atoms with Crippen LogP contribution in [-0.4, -0.2) is 41.0 Å². The molecule has 0 saturated carbocycles. The van der Waals surface area contributed by atoms with Gasteiger partial charge in [-0.05, 0) is 6.92 Å². The van der Waals surface area contributed by atoms with Gasteiger partial charge in [0.25, 0.3) is 0 Å². The minimum absolute atomic E-state index is 0.810. The van der Waals surface area contributed by atoms with Crippen LogP contribution in [0.3, 0.4) is 0 Å². The highest BCUT2D eigenvalue weighted by Crippen LogP contribution is 2.20. The summed E-state index contributed by atoms with van der Waals surface area (Å²) in [5.41, 5.74) is 4.92. The molecule has 0 radical (unpaired) electrons. The van der Waals surface area contributed by atoms with Gasteiger partial charge in [-0.1, -0.05) is 0 Å². The summed E-state index contributed by atoms with van der Waals surface area (Å²) in [6.07, 6.45) is 0. The van der Waals surface area contributed by atoms with Gasteiger partial charge in [0.2, 0.25) is 0 Å². The minimum atomic E-state index is 0.810. The summed E-state index contributed by atoms with van der Waals surface area (Å²) in [5.74, 6) is 6.41. The van der Waals surface area contributed by atoms with Crippen LogP contribution in [-0.2, 0) is 18.3 Å². The zero-order valence-corrected chi connectivity index (χ0v) is 9.86. The van der Waals surface area contributed by atoms with E-state index in [4.69, 9.17) is 10.6 Å². The Hall–Kier alpha value is -1.11. The number of hydrogen-bond acceptors (Lipinski definition) is 5. The molecule has 6 nitrogen and oxygen atoms in total. The standard InChI is InChI=1S/C10H19N5O/c1-8-9(10(12-11)14(2)13-8)7-15-3-5-16-6-4-15/h12H,3-7,11H2,1-2H3. The van der Waals surface area contributed by atoms with Crippen LogP contribution in [0.15, 0.2) is 0 Å². The van der Waals surface area contributed by atoms with E-state index in [2.05, 4.69) is 15.4 Å². The quantitative estimate of drug-likeness (QED) is 0.553. The summed E-state index contributed by atoms with van der Waals surface area (Å²) in [7, 11) is 1.89. The van der Waals surface area contributed by atoms with Crippen molar-refractivity contribution in [1.82, 2.24) is 14.7 Å². The fourth-order valence-corrected chi connectivity index (χ4v) is 2.05. The number of aryl methyl sites for hydroxylation is 2. The zero-order valence-electron chi connectivity index (χ0n) is 9.86. The van der Waals surface area contributed by atoms with E-state index in [-0.39, 0.29) is 0 Å². The highest BCUT2D eigenvalue weighted by atomic mass is 16.5. The number of aromatic nitrogens is 2. The SMILES string of the molecule is Cc1nn(C)c(NN)c1CN1CCOCC1. The maximum Gasteiger partial charge on any atom is 0.142 e.